The van der Waals surface area contributed by atoms with Crippen LogP contribution in [0.1, 0.15) is 40.0 Å². The Bertz CT molecular complexity index is 382. The smallest absolute Gasteiger partial charge is 0.315 e. The molecule has 1 rings (SSSR count). The number of rotatable bonds is 5. The summed E-state index contributed by atoms with van der Waals surface area (Å²) in [5.41, 5.74) is -1.00. The number of hydrogen-bond acceptors (Lipinski definition) is 3. The van der Waals surface area contributed by atoms with Gasteiger partial charge < -0.3 is 20.6 Å². The molecular formula is C14H27N3O3. The number of nitrogens with one attached hydrogen (secondary N) is 2. The Balaban J connectivity index is 2.53. The predicted octanol–water partition coefficient (Wildman–Crippen LogP) is 1.27. The number of carboxylic acids is 1. The number of carbonyl (C=O) groups is 2. The molecule has 6 heteroatoms. The lowest BCUT2D eigenvalue weighted by Gasteiger charge is -2.33. The average molecular weight is 285 g/mol. The number of carbonyl (C=O) groups excluding carboxylic acids is 1. The molecule has 1 aliphatic carbocycles. The fraction of sp³-hybridized carbons (Fsp3) is 0.857. The number of hydrogen-bond donors (Lipinski definition) is 3. The van der Waals surface area contributed by atoms with E-state index in [2.05, 4.69) is 10.6 Å². The molecule has 2 amide bonds. The molecule has 0 radical (unpaired) electrons. The van der Waals surface area contributed by atoms with Gasteiger partial charge in [-0.1, -0.05) is 6.42 Å². The van der Waals surface area contributed by atoms with Crippen LogP contribution in [0.4, 0.5) is 4.79 Å². The molecule has 2 unspecified atom stereocenters. The third kappa shape index (κ3) is 3.62. The molecule has 2 atom stereocenters. The Kier molecular flexibility index (Phi) is 5.02. The van der Waals surface area contributed by atoms with Gasteiger partial charge in [0, 0.05) is 18.1 Å². The molecular weight excluding hydrogens is 258 g/mol. The van der Waals surface area contributed by atoms with Crippen LogP contribution in [0.5, 0.6) is 0 Å². The summed E-state index contributed by atoms with van der Waals surface area (Å²) in [6, 6.07) is -0.596. The van der Waals surface area contributed by atoms with Gasteiger partial charge in [0.05, 0.1) is 5.41 Å². The average Bonchev–Trinajstić information content (AvgIpc) is 2.70. The van der Waals surface area contributed by atoms with Crippen LogP contribution in [0.3, 0.4) is 0 Å². The zero-order chi connectivity index (χ0) is 15.6. The van der Waals surface area contributed by atoms with Gasteiger partial charge in [0.15, 0.2) is 0 Å². The van der Waals surface area contributed by atoms with Crippen molar-refractivity contribution in [1.82, 2.24) is 15.5 Å². The second-order valence-corrected chi connectivity index (χ2v) is 6.70. The van der Waals surface area contributed by atoms with Crippen LogP contribution in [-0.4, -0.2) is 54.2 Å². The Labute approximate surface area is 120 Å². The topological polar surface area (TPSA) is 81.7 Å². The molecule has 0 aromatic carbocycles. The molecule has 0 saturated heterocycles. The van der Waals surface area contributed by atoms with Gasteiger partial charge in [0.2, 0.25) is 0 Å². The Morgan fingerprint density at radius 3 is 2.50 bits per heavy atom. The maximum atomic E-state index is 11.9. The fourth-order valence-electron chi connectivity index (χ4n) is 2.32. The Morgan fingerprint density at radius 2 is 2.00 bits per heavy atom. The van der Waals surface area contributed by atoms with Crippen molar-refractivity contribution in [3.05, 3.63) is 0 Å². The van der Waals surface area contributed by atoms with Gasteiger partial charge in [-0.15, -0.1) is 0 Å². The van der Waals surface area contributed by atoms with Crippen molar-refractivity contribution in [2.24, 2.45) is 5.41 Å². The number of nitrogens with zero attached hydrogens (tertiary/aromatic N) is 1. The molecule has 1 aliphatic rings. The van der Waals surface area contributed by atoms with Crippen molar-refractivity contribution in [3.63, 3.8) is 0 Å². The third-order valence-corrected chi connectivity index (χ3v) is 4.64. The van der Waals surface area contributed by atoms with Gasteiger partial charge in [-0.25, -0.2) is 4.79 Å². The first kappa shape index (κ1) is 16.8. The largest absolute Gasteiger partial charge is 0.481 e. The summed E-state index contributed by atoms with van der Waals surface area (Å²) in [6.45, 7) is 6.27. The molecule has 6 nitrogen and oxygen atoms in total. The minimum Gasteiger partial charge on any atom is -0.481 e. The summed E-state index contributed by atoms with van der Waals surface area (Å²) >= 11 is 0. The van der Waals surface area contributed by atoms with E-state index in [0.29, 0.717) is 19.4 Å². The molecule has 20 heavy (non-hydrogen) atoms. The first-order valence-corrected chi connectivity index (χ1v) is 7.05. The van der Waals surface area contributed by atoms with E-state index in [-0.39, 0.29) is 17.6 Å². The number of amides is 2. The van der Waals surface area contributed by atoms with Crippen molar-refractivity contribution >= 4 is 12.0 Å². The third-order valence-electron chi connectivity index (χ3n) is 4.64. The minimum absolute atomic E-state index is 0.150. The van der Waals surface area contributed by atoms with E-state index < -0.39 is 11.4 Å². The van der Waals surface area contributed by atoms with Gasteiger partial charge >= 0.3 is 12.0 Å². The highest BCUT2D eigenvalue weighted by atomic mass is 16.4. The first-order chi connectivity index (χ1) is 9.09. The molecule has 1 saturated carbocycles. The van der Waals surface area contributed by atoms with Gasteiger partial charge in [0.25, 0.3) is 0 Å². The predicted molar refractivity (Wildman–Crippen MR) is 77.7 cm³/mol. The Hall–Kier alpha value is -1.30. The van der Waals surface area contributed by atoms with Crippen LogP contribution in [0, 0.1) is 5.41 Å². The van der Waals surface area contributed by atoms with Gasteiger partial charge in [0.1, 0.15) is 0 Å². The summed E-state index contributed by atoms with van der Waals surface area (Å²) in [4.78, 5) is 25.3. The van der Waals surface area contributed by atoms with E-state index >= 15 is 0 Å². The molecule has 1 fully saturated rings. The van der Waals surface area contributed by atoms with E-state index in [0.717, 1.165) is 6.42 Å². The van der Waals surface area contributed by atoms with E-state index in [4.69, 9.17) is 0 Å². The van der Waals surface area contributed by atoms with Crippen LogP contribution in [0.2, 0.25) is 0 Å². The lowest BCUT2D eigenvalue weighted by molar-refractivity contribution is -0.148. The second kappa shape index (κ2) is 5.99. The summed E-state index contributed by atoms with van der Waals surface area (Å²) < 4.78 is 0. The van der Waals surface area contributed by atoms with Crippen molar-refractivity contribution < 1.29 is 14.7 Å². The number of carboxylic acid groups (broad SMARTS) is 1. The second-order valence-electron chi connectivity index (χ2n) is 6.70. The van der Waals surface area contributed by atoms with Crippen LogP contribution >= 0.6 is 0 Å². The highest BCUT2D eigenvalue weighted by Gasteiger charge is 2.45. The quantitative estimate of drug-likeness (QED) is 0.710. The number of likely N-dealkylation sites (N-methyl/N-ethyl adjacent to an activating group) is 1. The highest BCUT2D eigenvalue weighted by molar-refractivity contribution is 5.79. The van der Waals surface area contributed by atoms with Crippen molar-refractivity contribution in [2.75, 3.05) is 20.6 Å². The van der Waals surface area contributed by atoms with Crippen molar-refractivity contribution in [2.45, 2.75) is 51.6 Å². The van der Waals surface area contributed by atoms with Gasteiger partial charge in [-0.2, -0.15) is 0 Å². The van der Waals surface area contributed by atoms with Crippen LogP contribution in [0.15, 0.2) is 0 Å². The van der Waals surface area contributed by atoms with Crippen molar-refractivity contribution in [3.8, 4) is 0 Å². The van der Waals surface area contributed by atoms with E-state index in [1.165, 1.54) is 0 Å². The van der Waals surface area contributed by atoms with Crippen molar-refractivity contribution in [1.29, 1.82) is 0 Å². The van der Waals surface area contributed by atoms with Crippen LogP contribution < -0.4 is 10.6 Å². The lowest BCUT2D eigenvalue weighted by atomic mass is 9.85. The molecule has 0 heterocycles. The SMILES string of the molecule is CN(C)C(C)(C)CNC(=O)NC1CCCC1(C)C(=O)O. The summed E-state index contributed by atoms with van der Waals surface area (Å²) in [5, 5.41) is 14.9. The molecule has 0 aromatic rings. The first-order valence-electron chi connectivity index (χ1n) is 7.05. The Morgan fingerprint density at radius 1 is 1.40 bits per heavy atom. The number of urea groups is 1. The maximum Gasteiger partial charge on any atom is 0.315 e. The van der Waals surface area contributed by atoms with Gasteiger partial charge in [-0.05, 0) is 47.7 Å². The summed E-state index contributed by atoms with van der Waals surface area (Å²) in [7, 11) is 3.91. The van der Waals surface area contributed by atoms with Crippen LogP contribution in [-0.2, 0) is 4.79 Å². The van der Waals surface area contributed by atoms with Crippen LogP contribution in [0.25, 0.3) is 0 Å². The van der Waals surface area contributed by atoms with E-state index in [9.17, 15) is 14.7 Å². The molecule has 0 aliphatic heterocycles. The minimum atomic E-state index is -0.853. The summed E-state index contributed by atoms with van der Waals surface area (Å²) in [6.07, 6.45) is 2.15. The summed E-state index contributed by atoms with van der Waals surface area (Å²) in [5.74, 6) is -0.839. The molecule has 0 spiro atoms. The zero-order valence-electron chi connectivity index (χ0n) is 13.1. The van der Waals surface area contributed by atoms with Gasteiger partial charge in [-0.3, -0.25) is 4.79 Å². The molecule has 3 N–H and O–H groups in total. The normalized spacial score (nSPS) is 26.6. The monoisotopic (exact) mass is 285 g/mol. The molecule has 0 bridgehead atoms. The highest BCUT2D eigenvalue weighted by Crippen LogP contribution is 2.38. The number of aliphatic carboxylic acids is 1. The standard InChI is InChI=1S/C14H27N3O3/c1-13(2,17(4)5)9-15-12(20)16-10-7-6-8-14(10,3)11(18)19/h10H,6-9H2,1-5H3,(H,18,19)(H2,15,16,20). The zero-order valence-corrected chi connectivity index (χ0v) is 13.1. The molecule has 116 valence electrons. The maximum absolute atomic E-state index is 11.9. The van der Waals surface area contributed by atoms with E-state index in [1.54, 1.807) is 6.92 Å². The lowest BCUT2D eigenvalue weighted by Crippen LogP contribution is -2.54. The van der Waals surface area contributed by atoms with E-state index in [1.807, 2.05) is 32.8 Å². The molecule has 0 aromatic heterocycles. The fourth-order valence-corrected chi connectivity index (χ4v) is 2.32.